The summed E-state index contributed by atoms with van der Waals surface area (Å²) in [4.78, 5) is 0. The molecule has 0 aromatic carbocycles. The molecule has 14 heavy (non-hydrogen) atoms. The summed E-state index contributed by atoms with van der Waals surface area (Å²) in [5, 5.41) is 10.4. The van der Waals surface area contributed by atoms with Crippen molar-refractivity contribution in [2.75, 3.05) is 0 Å². The Morgan fingerprint density at radius 1 is 1.14 bits per heavy atom. The van der Waals surface area contributed by atoms with Gasteiger partial charge in [-0.3, -0.25) is 0 Å². The van der Waals surface area contributed by atoms with Gasteiger partial charge in [0.15, 0.2) is 0 Å². The van der Waals surface area contributed by atoms with E-state index in [0.29, 0.717) is 11.8 Å². The Morgan fingerprint density at radius 2 is 1.64 bits per heavy atom. The zero-order valence-corrected chi connectivity index (χ0v) is 10.1. The third kappa shape index (κ3) is 3.61. The molecular weight excluding hydrogens is 172 g/mol. The Kier molecular flexibility index (Phi) is 4.43. The molecule has 1 aliphatic rings. The van der Waals surface area contributed by atoms with Gasteiger partial charge < -0.3 is 5.11 Å². The van der Waals surface area contributed by atoms with Gasteiger partial charge in [-0.25, -0.2) is 0 Å². The van der Waals surface area contributed by atoms with Crippen LogP contribution in [-0.2, 0) is 0 Å². The number of hydrogen-bond acceptors (Lipinski definition) is 1. The molecule has 1 aliphatic carbocycles. The molecule has 0 saturated heterocycles. The Hall–Kier alpha value is -0.0400. The lowest BCUT2D eigenvalue weighted by molar-refractivity contribution is -0.0248. The molecule has 84 valence electrons. The van der Waals surface area contributed by atoms with E-state index < -0.39 is 5.60 Å². The first-order chi connectivity index (χ1) is 6.52. The second kappa shape index (κ2) is 5.16. The fourth-order valence-corrected chi connectivity index (χ4v) is 2.89. The first-order valence-corrected chi connectivity index (χ1v) is 6.25. The minimum atomic E-state index is -0.418. The van der Waals surface area contributed by atoms with Gasteiger partial charge in [0, 0.05) is 0 Å². The van der Waals surface area contributed by atoms with Crippen molar-refractivity contribution in [3.05, 3.63) is 0 Å². The summed E-state index contributed by atoms with van der Waals surface area (Å²) in [5.41, 5.74) is -0.418. The van der Waals surface area contributed by atoms with Crippen LogP contribution >= 0.6 is 0 Å². The molecule has 0 amide bonds. The summed E-state index contributed by atoms with van der Waals surface area (Å²) in [5.74, 6) is 1.15. The topological polar surface area (TPSA) is 20.2 Å². The molecular formula is C13H26O. The molecule has 0 aromatic rings. The highest BCUT2D eigenvalue weighted by atomic mass is 16.3. The van der Waals surface area contributed by atoms with Crippen molar-refractivity contribution in [3.63, 3.8) is 0 Å². The minimum Gasteiger partial charge on any atom is -0.390 e. The summed E-state index contributed by atoms with van der Waals surface area (Å²) in [6.45, 7) is 6.44. The molecule has 1 nitrogen and oxygen atoms in total. The second-order valence-corrected chi connectivity index (χ2v) is 5.64. The van der Waals surface area contributed by atoms with Crippen LogP contribution in [0.2, 0.25) is 0 Å². The summed E-state index contributed by atoms with van der Waals surface area (Å²) in [7, 11) is 0. The van der Waals surface area contributed by atoms with E-state index in [1.54, 1.807) is 0 Å². The molecule has 0 heterocycles. The van der Waals surface area contributed by atoms with Crippen molar-refractivity contribution >= 4 is 0 Å². The van der Waals surface area contributed by atoms with E-state index in [-0.39, 0.29) is 0 Å². The van der Waals surface area contributed by atoms with Gasteiger partial charge in [0.1, 0.15) is 0 Å². The van der Waals surface area contributed by atoms with Crippen molar-refractivity contribution in [2.45, 2.75) is 71.3 Å². The van der Waals surface area contributed by atoms with E-state index in [4.69, 9.17) is 0 Å². The first-order valence-electron chi connectivity index (χ1n) is 6.25. The molecule has 1 rings (SSSR count). The zero-order valence-electron chi connectivity index (χ0n) is 10.1. The van der Waals surface area contributed by atoms with Crippen LogP contribution in [0.5, 0.6) is 0 Å². The molecule has 0 aliphatic heterocycles. The normalized spacial score (nSPS) is 24.6. The predicted molar refractivity (Wildman–Crippen MR) is 61.3 cm³/mol. The maximum Gasteiger partial charge on any atom is 0.0650 e. The highest BCUT2D eigenvalue weighted by molar-refractivity contribution is 4.84. The third-order valence-corrected chi connectivity index (χ3v) is 3.56. The van der Waals surface area contributed by atoms with Gasteiger partial charge in [-0.15, -0.1) is 0 Å². The SMILES string of the molecule is CC(C)CC(C)(O)C1CCCCCC1. The highest BCUT2D eigenvalue weighted by Crippen LogP contribution is 2.35. The van der Waals surface area contributed by atoms with Crippen LogP contribution in [0.3, 0.4) is 0 Å². The molecule has 1 unspecified atom stereocenters. The van der Waals surface area contributed by atoms with Crippen molar-refractivity contribution in [3.8, 4) is 0 Å². The summed E-state index contributed by atoms with van der Waals surface area (Å²) < 4.78 is 0. The van der Waals surface area contributed by atoms with Crippen LogP contribution in [0.1, 0.15) is 65.7 Å². The molecule has 0 aromatic heterocycles. The highest BCUT2D eigenvalue weighted by Gasteiger charge is 2.32. The quantitative estimate of drug-likeness (QED) is 0.685. The Labute approximate surface area is 88.9 Å². The van der Waals surface area contributed by atoms with Crippen LogP contribution in [0, 0.1) is 11.8 Å². The van der Waals surface area contributed by atoms with Crippen molar-refractivity contribution < 1.29 is 5.11 Å². The van der Waals surface area contributed by atoms with Gasteiger partial charge in [0.2, 0.25) is 0 Å². The smallest absolute Gasteiger partial charge is 0.0650 e. The van der Waals surface area contributed by atoms with E-state index >= 15 is 0 Å². The Morgan fingerprint density at radius 3 is 2.07 bits per heavy atom. The van der Waals surface area contributed by atoms with E-state index in [9.17, 15) is 5.11 Å². The first kappa shape index (κ1) is 12.0. The Balaban J connectivity index is 2.50. The molecule has 1 heteroatoms. The number of hydrogen-bond donors (Lipinski definition) is 1. The monoisotopic (exact) mass is 198 g/mol. The van der Waals surface area contributed by atoms with Crippen LogP contribution in [-0.4, -0.2) is 10.7 Å². The maximum absolute atomic E-state index is 10.4. The lowest BCUT2D eigenvalue weighted by Crippen LogP contribution is -2.35. The second-order valence-electron chi connectivity index (χ2n) is 5.64. The molecule has 0 spiro atoms. The van der Waals surface area contributed by atoms with E-state index in [0.717, 1.165) is 6.42 Å². The van der Waals surface area contributed by atoms with Gasteiger partial charge in [-0.05, 0) is 38.0 Å². The number of aliphatic hydroxyl groups is 1. The zero-order chi connectivity index (χ0) is 10.6. The van der Waals surface area contributed by atoms with Gasteiger partial charge in [0.25, 0.3) is 0 Å². The van der Waals surface area contributed by atoms with Crippen LogP contribution < -0.4 is 0 Å². The van der Waals surface area contributed by atoms with Crippen molar-refractivity contribution in [1.29, 1.82) is 0 Å². The van der Waals surface area contributed by atoms with Crippen LogP contribution in [0.15, 0.2) is 0 Å². The van der Waals surface area contributed by atoms with Gasteiger partial charge in [-0.2, -0.15) is 0 Å². The maximum atomic E-state index is 10.4. The van der Waals surface area contributed by atoms with E-state index in [1.165, 1.54) is 38.5 Å². The largest absolute Gasteiger partial charge is 0.390 e. The molecule has 1 saturated carbocycles. The number of rotatable bonds is 3. The molecule has 1 atom stereocenters. The third-order valence-electron chi connectivity index (χ3n) is 3.56. The lowest BCUT2D eigenvalue weighted by Gasteiger charge is -2.34. The van der Waals surface area contributed by atoms with E-state index in [2.05, 4.69) is 13.8 Å². The predicted octanol–water partition coefficient (Wildman–Crippen LogP) is 3.75. The van der Waals surface area contributed by atoms with Crippen LogP contribution in [0.25, 0.3) is 0 Å². The summed E-state index contributed by atoms with van der Waals surface area (Å²) in [6.07, 6.45) is 8.80. The molecule has 1 fully saturated rings. The minimum absolute atomic E-state index is 0.418. The summed E-state index contributed by atoms with van der Waals surface area (Å²) in [6, 6.07) is 0. The van der Waals surface area contributed by atoms with Gasteiger partial charge in [0.05, 0.1) is 5.60 Å². The van der Waals surface area contributed by atoms with Crippen molar-refractivity contribution in [2.24, 2.45) is 11.8 Å². The van der Waals surface area contributed by atoms with Crippen molar-refractivity contribution in [1.82, 2.24) is 0 Å². The average molecular weight is 198 g/mol. The standard InChI is InChI=1S/C13H26O/c1-11(2)10-13(3,14)12-8-6-4-5-7-9-12/h11-12,14H,4-10H2,1-3H3. The Bertz CT molecular complexity index is 153. The van der Waals surface area contributed by atoms with Gasteiger partial charge >= 0.3 is 0 Å². The summed E-state index contributed by atoms with van der Waals surface area (Å²) >= 11 is 0. The van der Waals surface area contributed by atoms with Crippen LogP contribution in [0.4, 0.5) is 0 Å². The lowest BCUT2D eigenvalue weighted by atomic mass is 9.78. The fourth-order valence-electron chi connectivity index (χ4n) is 2.89. The average Bonchev–Trinajstić information content (AvgIpc) is 2.28. The molecule has 1 N–H and O–H groups in total. The molecule has 0 radical (unpaired) electrons. The molecule has 0 bridgehead atoms. The fraction of sp³-hybridized carbons (Fsp3) is 1.00. The van der Waals surface area contributed by atoms with E-state index in [1.807, 2.05) is 6.92 Å². The van der Waals surface area contributed by atoms with Gasteiger partial charge in [-0.1, -0.05) is 39.5 Å².